The maximum Gasteiger partial charge on any atom is 0.272 e. The fourth-order valence-corrected chi connectivity index (χ4v) is 3.44. The number of ether oxygens (including phenoxy) is 1. The molecule has 1 aliphatic heterocycles. The standard InChI is InChI=1S/C23H24N4O3/c1-15-8-10-17(11-9-15)13-27-16(2)12-18(25-27)22(28)24-19-14-30-21-7-5-4-6-20(21)26(3)23(19)29/h4-12,19H,13-14H2,1-3H3,(H,24,28)/t19-/m0/s1. The van der Waals surface area contributed by atoms with Crippen LogP contribution in [0, 0.1) is 13.8 Å². The van der Waals surface area contributed by atoms with Crippen molar-refractivity contribution in [2.75, 3.05) is 18.6 Å². The third-order valence-electron chi connectivity index (χ3n) is 5.23. The van der Waals surface area contributed by atoms with Crippen LogP contribution in [0.4, 0.5) is 5.69 Å². The van der Waals surface area contributed by atoms with Crippen molar-refractivity contribution in [3.05, 3.63) is 77.1 Å². The number of rotatable bonds is 4. The number of likely N-dealkylation sites (N-methyl/N-ethyl adjacent to an activating group) is 1. The van der Waals surface area contributed by atoms with E-state index in [0.29, 0.717) is 18.0 Å². The highest BCUT2D eigenvalue weighted by Gasteiger charge is 2.31. The predicted molar refractivity (Wildman–Crippen MR) is 114 cm³/mol. The van der Waals surface area contributed by atoms with Crippen LogP contribution in [0.25, 0.3) is 0 Å². The molecule has 0 aliphatic carbocycles. The molecule has 3 aromatic rings. The molecule has 30 heavy (non-hydrogen) atoms. The van der Waals surface area contributed by atoms with Crippen LogP contribution in [-0.4, -0.2) is 41.3 Å². The summed E-state index contributed by atoms with van der Waals surface area (Å²) in [7, 11) is 1.68. The van der Waals surface area contributed by atoms with Crippen molar-refractivity contribution >= 4 is 17.5 Å². The fraction of sp³-hybridized carbons (Fsp3) is 0.261. The minimum absolute atomic E-state index is 0.0645. The maximum atomic E-state index is 12.8. The Bertz CT molecular complexity index is 1090. The Balaban J connectivity index is 1.48. The van der Waals surface area contributed by atoms with Gasteiger partial charge in [-0.3, -0.25) is 14.3 Å². The summed E-state index contributed by atoms with van der Waals surface area (Å²) < 4.78 is 7.54. The Morgan fingerprint density at radius 2 is 1.90 bits per heavy atom. The van der Waals surface area contributed by atoms with Gasteiger partial charge in [0.1, 0.15) is 24.1 Å². The molecule has 4 rings (SSSR count). The molecule has 1 atom stereocenters. The van der Waals surface area contributed by atoms with E-state index < -0.39 is 11.9 Å². The minimum Gasteiger partial charge on any atom is -0.489 e. The SMILES string of the molecule is Cc1ccc(Cn2nc(C(=O)N[C@H]3COc4ccccc4N(C)C3=O)cc2C)cc1. The largest absolute Gasteiger partial charge is 0.489 e. The van der Waals surface area contributed by atoms with Gasteiger partial charge in [-0.1, -0.05) is 42.0 Å². The van der Waals surface area contributed by atoms with Crippen LogP contribution in [0.2, 0.25) is 0 Å². The van der Waals surface area contributed by atoms with Crippen molar-refractivity contribution in [3.63, 3.8) is 0 Å². The molecule has 1 aromatic heterocycles. The normalized spacial score (nSPS) is 15.9. The van der Waals surface area contributed by atoms with Crippen LogP contribution in [-0.2, 0) is 11.3 Å². The van der Waals surface area contributed by atoms with Crippen LogP contribution < -0.4 is 15.0 Å². The topological polar surface area (TPSA) is 76.5 Å². The first-order valence-corrected chi connectivity index (χ1v) is 9.82. The number of amides is 2. The molecule has 2 amide bonds. The number of nitrogens with one attached hydrogen (secondary N) is 1. The Morgan fingerprint density at radius 3 is 2.67 bits per heavy atom. The van der Waals surface area contributed by atoms with Crippen LogP contribution in [0.5, 0.6) is 5.75 Å². The lowest BCUT2D eigenvalue weighted by Crippen LogP contribution is -2.49. The van der Waals surface area contributed by atoms with Gasteiger partial charge in [-0.2, -0.15) is 5.10 Å². The van der Waals surface area contributed by atoms with Gasteiger partial charge in [-0.05, 0) is 37.6 Å². The summed E-state index contributed by atoms with van der Waals surface area (Å²) in [5.41, 5.74) is 4.12. The number of benzene rings is 2. The Hall–Kier alpha value is -3.61. The molecule has 154 valence electrons. The monoisotopic (exact) mass is 404 g/mol. The number of hydrogen-bond donors (Lipinski definition) is 1. The molecule has 2 heterocycles. The van der Waals surface area contributed by atoms with Crippen LogP contribution in [0.15, 0.2) is 54.6 Å². The van der Waals surface area contributed by atoms with Gasteiger partial charge in [-0.15, -0.1) is 0 Å². The van der Waals surface area contributed by atoms with Gasteiger partial charge in [0, 0.05) is 12.7 Å². The Labute approximate surface area is 175 Å². The molecule has 0 bridgehead atoms. The molecule has 7 heteroatoms. The van der Waals surface area contributed by atoms with E-state index in [-0.39, 0.29) is 18.2 Å². The maximum absolute atomic E-state index is 12.8. The van der Waals surface area contributed by atoms with E-state index in [1.807, 2.05) is 56.3 Å². The zero-order chi connectivity index (χ0) is 21.3. The molecule has 0 radical (unpaired) electrons. The molecule has 0 saturated carbocycles. The Morgan fingerprint density at radius 1 is 1.17 bits per heavy atom. The van der Waals surface area contributed by atoms with E-state index in [9.17, 15) is 9.59 Å². The summed E-state index contributed by atoms with van der Waals surface area (Å²) in [5.74, 6) is -0.0190. The molecular weight excluding hydrogens is 380 g/mol. The number of hydrogen-bond acceptors (Lipinski definition) is 4. The first-order chi connectivity index (χ1) is 14.4. The number of aromatic nitrogens is 2. The lowest BCUT2D eigenvalue weighted by atomic mass is 10.1. The van der Waals surface area contributed by atoms with E-state index >= 15 is 0 Å². The third-order valence-corrected chi connectivity index (χ3v) is 5.23. The van der Waals surface area contributed by atoms with E-state index in [4.69, 9.17) is 4.74 Å². The second kappa shape index (κ2) is 8.02. The van der Waals surface area contributed by atoms with Crippen LogP contribution in [0.3, 0.4) is 0 Å². The van der Waals surface area contributed by atoms with E-state index in [1.165, 1.54) is 10.5 Å². The summed E-state index contributed by atoms with van der Waals surface area (Å²) in [6.07, 6.45) is 0. The van der Waals surface area contributed by atoms with E-state index in [0.717, 1.165) is 11.3 Å². The van der Waals surface area contributed by atoms with Gasteiger partial charge < -0.3 is 15.0 Å². The van der Waals surface area contributed by atoms with E-state index in [1.54, 1.807) is 23.9 Å². The van der Waals surface area contributed by atoms with Crippen molar-refractivity contribution in [2.45, 2.75) is 26.4 Å². The molecule has 2 aromatic carbocycles. The Kier molecular flexibility index (Phi) is 5.27. The highest BCUT2D eigenvalue weighted by atomic mass is 16.5. The first-order valence-electron chi connectivity index (χ1n) is 9.82. The van der Waals surface area contributed by atoms with Gasteiger partial charge in [0.15, 0.2) is 0 Å². The number of carbonyl (C=O) groups is 2. The summed E-state index contributed by atoms with van der Waals surface area (Å²) in [5, 5.41) is 7.21. The summed E-state index contributed by atoms with van der Waals surface area (Å²) in [6.45, 7) is 4.58. The van der Waals surface area contributed by atoms with Crippen LogP contribution in [0.1, 0.15) is 27.3 Å². The van der Waals surface area contributed by atoms with Crippen molar-refractivity contribution in [2.24, 2.45) is 0 Å². The van der Waals surface area contributed by atoms with Crippen molar-refractivity contribution in [1.82, 2.24) is 15.1 Å². The number of nitrogens with zero attached hydrogens (tertiary/aromatic N) is 3. The smallest absolute Gasteiger partial charge is 0.272 e. The predicted octanol–water partition coefficient (Wildman–Crippen LogP) is 2.70. The van der Waals surface area contributed by atoms with Crippen LogP contribution >= 0.6 is 0 Å². The van der Waals surface area contributed by atoms with Gasteiger partial charge in [-0.25, -0.2) is 0 Å². The molecule has 0 spiro atoms. The molecule has 0 fully saturated rings. The second-order valence-corrected chi connectivity index (χ2v) is 7.52. The quantitative estimate of drug-likeness (QED) is 0.725. The number of anilines is 1. The third kappa shape index (κ3) is 3.91. The number of para-hydroxylation sites is 2. The molecule has 0 saturated heterocycles. The minimum atomic E-state index is -0.794. The van der Waals surface area contributed by atoms with Gasteiger partial charge >= 0.3 is 0 Å². The molecule has 1 aliphatic rings. The summed E-state index contributed by atoms with van der Waals surface area (Å²) >= 11 is 0. The number of fused-ring (bicyclic) bond motifs is 1. The highest BCUT2D eigenvalue weighted by Crippen LogP contribution is 2.29. The number of carbonyl (C=O) groups excluding carboxylic acids is 2. The van der Waals surface area contributed by atoms with Gasteiger partial charge in [0.05, 0.1) is 12.2 Å². The average molecular weight is 404 g/mol. The molecule has 1 N–H and O–H groups in total. The second-order valence-electron chi connectivity index (χ2n) is 7.52. The zero-order valence-corrected chi connectivity index (χ0v) is 17.3. The summed E-state index contributed by atoms with van der Waals surface area (Å²) in [6, 6.07) is 16.4. The lowest BCUT2D eigenvalue weighted by Gasteiger charge is -2.20. The van der Waals surface area contributed by atoms with Gasteiger partial charge in [0.25, 0.3) is 11.8 Å². The van der Waals surface area contributed by atoms with Crippen molar-refractivity contribution in [1.29, 1.82) is 0 Å². The van der Waals surface area contributed by atoms with Crippen molar-refractivity contribution < 1.29 is 14.3 Å². The van der Waals surface area contributed by atoms with E-state index in [2.05, 4.69) is 10.4 Å². The highest BCUT2D eigenvalue weighted by molar-refractivity contribution is 6.02. The number of aryl methyl sites for hydroxylation is 2. The van der Waals surface area contributed by atoms with Gasteiger partial charge in [0.2, 0.25) is 0 Å². The molecule has 7 nitrogen and oxygen atoms in total. The molecule has 0 unspecified atom stereocenters. The molecular formula is C23H24N4O3. The fourth-order valence-electron chi connectivity index (χ4n) is 3.44. The first kappa shape index (κ1) is 19.7. The zero-order valence-electron chi connectivity index (χ0n) is 17.3. The summed E-state index contributed by atoms with van der Waals surface area (Å²) in [4.78, 5) is 27.1. The lowest BCUT2D eigenvalue weighted by molar-refractivity contribution is -0.120. The average Bonchev–Trinajstić information content (AvgIpc) is 3.06. The van der Waals surface area contributed by atoms with Crippen molar-refractivity contribution in [3.8, 4) is 5.75 Å².